The zero-order valence-corrected chi connectivity index (χ0v) is 12.7. The first kappa shape index (κ1) is 14.2. The number of nitrogens with zero attached hydrogens (tertiary/aromatic N) is 1. The molecule has 1 atom stereocenters. The highest BCUT2D eigenvalue weighted by Gasteiger charge is 2.17. The maximum absolute atomic E-state index is 11.3. The van der Waals surface area contributed by atoms with Gasteiger partial charge in [0.25, 0.3) is 0 Å². The van der Waals surface area contributed by atoms with E-state index in [0.29, 0.717) is 0 Å². The highest BCUT2D eigenvalue weighted by molar-refractivity contribution is 7.88. The van der Waals surface area contributed by atoms with Crippen LogP contribution >= 0.6 is 11.3 Å². The van der Waals surface area contributed by atoms with Crippen molar-refractivity contribution < 1.29 is 8.42 Å². The van der Waals surface area contributed by atoms with E-state index in [4.69, 9.17) is 0 Å². The fourth-order valence-corrected chi connectivity index (χ4v) is 3.80. The van der Waals surface area contributed by atoms with Gasteiger partial charge in [-0.25, -0.2) is 18.1 Å². The Hall–Kier alpha value is -1.24. The average Bonchev–Trinajstić information content (AvgIpc) is 2.70. The molecule has 1 unspecified atom stereocenters. The van der Waals surface area contributed by atoms with Crippen molar-refractivity contribution in [1.29, 1.82) is 0 Å². The van der Waals surface area contributed by atoms with Crippen LogP contribution in [0.15, 0.2) is 30.3 Å². The quantitative estimate of drug-likeness (QED) is 0.943. The normalized spacial score (nSPS) is 13.4. The van der Waals surface area contributed by atoms with Crippen molar-refractivity contribution in [3.8, 4) is 10.6 Å². The molecular weight excluding hydrogens is 280 g/mol. The molecule has 2 rings (SSSR count). The molecule has 1 aromatic heterocycles. The Bertz CT molecular complexity index is 663. The minimum atomic E-state index is -3.21. The second kappa shape index (κ2) is 5.40. The first-order valence-electron chi connectivity index (χ1n) is 5.87. The van der Waals surface area contributed by atoms with Crippen molar-refractivity contribution in [3.63, 3.8) is 0 Å². The molecule has 1 aromatic carbocycles. The predicted octanol–water partition coefficient (Wildman–Crippen LogP) is 2.73. The Kier molecular flexibility index (Phi) is 4.03. The van der Waals surface area contributed by atoms with Gasteiger partial charge >= 0.3 is 0 Å². The fraction of sp³-hybridized carbons (Fsp3) is 0.308. The molecule has 0 bridgehead atoms. The number of aryl methyl sites for hydroxylation is 1. The predicted molar refractivity (Wildman–Crippen MR) is 78.7 cm³/mol. The summed E-state index contributed by atoms with van der Waals surface area (Å²) in [5, 5.41) is 0.912. The smallest absolute Gasteiger partial charge is 0.209 e. The molecule has 0 amide bonds. The SMILES string of the molecule is Cc1nc(-c2ccccc2)sc1C(C)NS(C)(=O)=O. The summed E-state index contributed by atoms with van der Waals surface area (Å²) in [5.74, 6) is 0. The van der Waals surface area contributed by atoms with Gasteiger partial charge in [0.1, 0.15) is 5.01 Å². The van der Waals surface area contributed by atoms with Gasteiger partial charge in [-0.3, -0.25) is 0 Å². The highest BCUT2D eigenvalue weighted by Crippen LogP contribution is 2.31. The lowest BCUT2D eigenvalue weighted by molar-refractivity contribution is 0.574. The topological polar surface area (TPSA) is 59.1 Å². The second-order valence-electron chi connectivity index (χ2n) is 4.45. The Morgan fingerprint density at radius 1 is 1.26 bits per heavy atom. The van der Waals surface area contributed by atoms with E-state index in [0.717, 1.165) is 27.4 Å². The van der Waals surface area contributed by atoms with Crippen LogP contribution in [0.2, 0.25) is 0 Å². The molecule has 0 aliphatic heterocycles. The molecule has 0 saturated carbocycles. The highest BCUT2D eigenvalue weighted by atomic mass is 32.2. The lowest BCUT2D eigenvalue weighted by Gasteiger charge is -2.10. The third-order valence-corrected chi connectivity index (χ3v) is 4.81. The third kappa shape index (κ3) is 3.62. The van der Waals surface area contributed by atoms with Gasteiger partial charge in [-0.2, -0.15) is 0 Å². The summed E-state index contributed by atoms with van der Waals surface area (Å²) in [6, 6.07) is 9.62. The summed E-state index contributed by atoms with van der Waals surface area (Å²) in [5.41, 5.74) is 1.92. The molecule has 0 fully saturated rings. The van der Waals surface area contributed by atoms with Gasteiger partial charge in [0.15, 0.2) is 0 Å². The van der Waals surface area contributed by atoms with Crippen molar-refractivity contribution in [2.45, 2.75) is 19.9 Å². The number of hydrogen-bond donors (Lipinski definition) is 1. The maximum Gasteiger partial charge on any atom is 0.209 e. The van der Waals surface area contributed by atoms with Crippen molar-refractivity contribution >= 4 is 21.4 Å². The van der Waals surface area contributed by atoms with Gasteiger partial charge < -0.3 is 0 Å². The summed E-state index contributed by atoms with van der Waals surface area (Å²) in [6.45, 7) is 3.73. The zero-order valence-electron chi connectivity index (χ0n) is 11.0. The number of benzene rings is 1. The van der Waals surface area contributed by atoms with Crippen LogP contribution in [0.1, 0.15) is 23.5 Å². The summed E-state index contributed by atoms with van der Waals surface area (Å²) in [4.78, 5) is 5.46. The average molecular weight is 296 g/mol. The molecule has 0 spiro atoms. The van der Waals surface area contributed by atoms with Gasteiger partial charge in [-0.05, 0) is 13.8 Å². The van der Waals surface area contributed by atoms with E-state index in [9.17, 15) is 8.42 Å². The Balaban J connectivity index is 2.32. The van der Waals surface area contributed by atoms with Crippen LogP contribution in [-0.4, -0.2) is 19.7 Å². The van der Waals surface area contributed by atoms with Crippen LogP contribution in [0.4, 0.5) is 0 Å². The van der Waals surface area contributed by atoms with E-state index in [1.54, 1.807) is 0 Å². The van der Waals surface area contributed by atoms with E-state index >= 15 is 0 Å². The number of rotatable bonds is 4. The maximum atomic E-state index is 11.3. The molecule has 19 heavy (non-hydrogen) atoms. The Morgan fingerprint density at radius 3 is 2.47 bits per heavy atom. The number of sulfonamides is 1. The van der Waals surface area contributed by atoms with Gasteiger partial charge in [0, 0.05) is 10.4 Å². The molecule has 1 heterocycles. The van der Waals surface area contributed by atoms with Crippen molar-refractivity contribution in [3.05, 3.63) is 40.9 Å². The molecule has 0 aliphatic carbocycles. The number of aromatic nitrogens is 1. The molecule has 6 heteroatoms. The van der Waals surface area contributed by atoms with Gasteiger partial charge in [0.2, 0.25) is 10.0 Å². The first-order valence-corrected chi connectivity index (χ1v) is 8.57. The minimum Gasteiger partial charge on any atom is -0.241 e. The van der Waals surface area contributed by atoms with Crippen molar-refractivity contribution in [2.24, 2.45) is 0 Å². The fourth-order valence-electron chi connectivity index (χ4n) is 1.89. The van der Waals surface area contributed by atoms with Gasteiger partial charge in [-0.15, -0.1) is 11.3 Å². The van der Waals surface area contributed by atoms with Crippen LogP contribution in [0.3, 0.4) is 0 Å². The Labute approximate surface area is 117 Å². The van der Waals surface area contributed by atoms with E-state index in [-0.39, 0.29) is 6.04 Å². The number of nitrogens with one attached hydrogen (secondary N) is 1. The van der Waals surface area contributed by atoms with E-state index in [1.807, 2.05) is 44.2 Å². The van der Waals surface area contributed by atoms with Crippen LogP contribution in [0.25, 0.3) is 10.6 Å². The minimum absolute atomic E-state index is 0.259. The van der Waals surface area contributed by atoms with Crippen LogP contribution in [-0.2, 0) is 10.0 Å². The summed E-state index contributed by atoms with van der Waals surface area (Å²) in [7, 11) is -3.21. The summed E-state index contributed by atoms with van der Waals surface area (Å²) in [6.07, 6.45) is 1.16. The molecule has 0 saturated heterocycles. The summed E-state index contributed by atoms with van der Waals surface area (Å²) < 4.78 is 25.1. The first-order chi connectivity index (χ1) is 8.87. The largest absolute Gasteiger partial charge is 0.241 e. The lowest BCUT2D eigenvalue weighted by Crippen LogP contribution is -2.25. The lowest BCUT2D eigenvalue weighted by atomic mass is 10.2. The van der Waals surface area contributed by atoms with Gasteiger partial charge in [0.05, 0.1) is 18.0 Å². The van der Waals surface area contributed by atoms with E-state index in [2.05, 4.69) is 9.71 Å². The van der Waals surface area contributed by atoms with Crippen molar-refractivity contribution in [1.82, 2.24) is 9.71 Å². The second-order valence-corrected chi connectivity index (χ2v) is 7.26. The van der Waals surface area contributed by atoms with Crippen molar-refractivity contribution in [2.75, 3.05) is 6.26 Å². The molecule has 0 aliphatic rings. The summed E-state index contributed by atoms with van der Waals surface area (Å²) >= 11 is 1.52. The molecular formula is C13H16N2O2S2. The monoisotopic (exact) mass is 296 g/mol. The van der Waals surface area contributed by atoms with Crippen LogP contribution in [0, 0.1) is 6.92 Å². The van der Waals surface area contributed by atoms with Gasteiger partial charge in [-0.1, -0.05) is 30.3 Å². The molecule has 1 N–H and O–H groups in total. The Morgan fingerprint density at radius 2 is 1.89 bits per heavy atom. The number of thiazole rings is 1. The molecule has 4 nitrogen and oxygen atoms in total. The third-order valence-electron chi connectivity index (χ3n) is 2.64. The van der Waals surface area contributed by atoms with E-state index < -0.39 is 10.0 Å². The van der Waals surface area contributed by atoms with Crippen LogP contribution in [0.5, 0.6) is 0 Å². The zero-order chi connectivity index (χ0) is 14.0. The van der Waals surface area contributed by atoms with E-state index in [1.165, 1.54) is 11.3 Å². The number of hydrogen-bond acceptors (Lipinski definition) is 4. The molecule has 2 aromatic rings. The molecule has 102 valence electrons. The van der Waals surface area contributed by atoms with Crippen LogP contribution < -0.4 is 4.72 Å². The molecule has 0 radical (unpaired) electrons. The standard InChI is InChI=1S/C13H16N2O2S2/c1-9-12(10(2)15-19(3,16)17)18-13(14-9)11-7-5-4-6-8-11/h4-8,10,15H,1-3H3.